The third-order valence-corrected chi connectivity index (χ3v) is 2.30. The molecule has 0 rings (SSSR count). The number of Topliss-reactive ketones (excluding diaryl/α,β-unsaturated/α-hetero) is 2. The van der Waals surface area contributed by atoms with Crippen LogP contribution < -0.4 is 0 Å². The van der Waals surface area contributed by atoms with Crippen LogP contribution in [0, 0.1) is 17.4 Å². The fourth-order valence-corrected chi connectivity index (χ4v) is 1.36. The third-order valence-electron chi connectivity index (χ3n) is 1.40. The van der Waals surface area contributed by atoms with Crippen molar-refractivity contribution >= 4 is 19.6 Å². The van der Waals surface area contributed by atoms with Crippen LogP contribution in [-0.2, 0) is 9.59 Å². The quantitative estimate of drug-likeness (QED) is 0.382. The predicted molar refractivity (Wildman–Crippen MR) is 56.0 cm³/mol. The topological polar surface area (TPSA) is 34.1 Å². The second kappa shape index (κ2) is 4.38. The molecule has 0 aromatic rings. The molecule has 0 saturated heterocycles. The third kappa shape index (κ3) is 5.37. The zero-order valence-electron chi connectivity index (χ0n) is 8.89. The predicted octanol–water partition coefficient (Wildman–Crippen LogP) is 1.66. The average molecular weight is 196 g/mol. The molecule has 0 aromatic carbocycles. The second-order valence-corrected chi connectivity index (χ2v) is 8.92. The first-order valence-corrected chi connectivity index (χ1v) is 7.77. The van der Waals surface area contributed by atoms with Gasteiger partial charge in [0.1, 0.15) is 14.0 Å². The SMILES string of the molecule is CC(=O)C(C#C[Si](C)(C)C)C(C)=O. The zero-order valence-corrected chi connectivity index (χ0v) is 9.89. The molecule has 72 valence electrons. The first-order chi connectivity index (χ1) is 5.74. The van der Waals surface area contributed by atoms with Crippen LogP contribution in [-0.4, -0.2) is 19.6 Å². The maximum absolute atomic E-state index is 11.0. The lowest BCUT2D eigenvalue weighted by Crippen LogP contribution is -2.21. The van der Waals surface area contributed by atoms with E-state index in [1.54, 1.807) is 0 Å². The van der Waals surface area contributed by atoms with E-state index in [2.05, 4.69) is 31.1 Å². The Morgan fingerprint density at radius 1 is 1.08 bits per heavy atom. The van der Waals surface area contributed by atoms with Gasteiger partial charge in [-0.05, 0) is 13.8 Å². The van der Waals surface area contributed by atoms with Crippen molar-refractivity contribution in [1.29, 1.82) is 0 Å². The van der Waals surface area contributed by atoms with Gasteiger partial charge in [-0.3, -0.25) is 9.59 Å². The maximum atomic E-state index is 11.0. The molecular weight excluding hydrogens is 180 g/mol. The van der Waals surface area contributed by atoms with Crippen molar-refractivity contribution in [3.05, 3.63) is 0 Å². The number of rotatable bonds is 2. The molecule has 0 heterocycles. The highest BCUT2D eigenvalue weighted by Gasteiger charge is 2.17. The molecular formula is C10H16O2Si. The molecule has 0 aliphatic carbocycles. The highest BCUT2D eigenvalue weighted by Crippen LogP contribution is 2.01. The van der Waals surface area contributed by atoms with Crippen molar-refractivity contribution in [1.82, 2.24) is 0 Å². The Bertz CT molecular complexity index is 262. The van der Waals surface area contributed by atoms with Crippen LogP contribution in [0.25, 0.3) is 0 Å². The Morgan fingerprint density at radius 2 is 1.46 bits per heavy atom. The monoisotopic (exact) mass is 196 g/mol. The molecule has 2 nitrogen and oxygen atoms in total. The molecule has 0 aromatic heterocycles. The van der Waals surface area contributed by atoms with Crippen LogP contribution in [0.5, 0.6) is 0 Å². The fourth-order valence-electron chi connectivity index (χ4n) is 0.778. The summed E-state index contributed by atoms with van der Waals surface area (Å²) in [6, 6.07) is 0. The molecule has 0 aliphatic rings. The van der Waals surface area contributed by atoms with Crippen LogP contribution in [0.1, 0.15) is 13.8 Å². The molecule has 0 amide bonds. The number of hydrogen-bond acceptors (Lipinski definition) is 2. The fraction of sp³-hybridized carbons (Fsp3) is 0.600. The summed E-state index contributed by atoms with van der Waals surface area (Å²) in [7, 11) is -1.48. The van der Waals surface area contributed by atoms with Crippen molar-refractivity contribution in [3.63, 3.8) is 0 Å². The largest absolute Gasteiger partial charge is 0.298 e. The van der Waals surface area contributed by atoms with Gasteiger partial charge in [-0.15, -0.1) is 5.54 Å². The smallest absolute Gasteiger partial charge is 0.152 e. The van der Waals surface area contributed by atoms with E-state index in [0.717, 1.165) is 0 Å². The van der Waals surface area contributed by atoms with Gasteiger partial charge in [-0.2, -0.15) is 0 Å². The highest BCUT2D eigenvalue weighted by atomic mass is 28.3. The van der Waals surface area contributed by atoms with E-state index in [0.29, 0.717) is 0 Å². The number of carbonyl (C=O) groups excluding carboxylic acids is 2. The molecule has 0 fully saturated rings. The van der Waals surface area contributed by atoms with E-state index >= 15 is 0 Å². The van der Waals surface area contributed by atoms with E-state index in [1.165, 1.54) is 13.8 Å². The van der Waals surface area contributed by atoms with Crippen LogP contribution in [0.2, 0.25) is 19.6 Å². The summed E-state index contributed by atoms with van der Waals surface area (Å²) in [6.45, 7) is 9.06. The first-order valence-electron chi connectivity index (χ1n) is 4.27. The second-order valence-electron chi connectivity index (χ2n) is 4.17. The summed E-state index contributed by atoms with van der Waals surface area (Å²) in [5, 5.41) is 0. The summed E-state index contributed by atoms with van der Waals surface area (Å²) < 4.78 is 0. The van der Waals surface area contributed by atoms with Crippen LogP contribution in [0.4, 0.5) is 0 Å². The Labute approximate surface area is 80.7 Å². The van der Waals surface area contributed by atoms with E-state index in [-0.39, 0.29) is 11.6 Å². The van der Waals surface area contributed by atoms with Gasteiger partial charge >= 0.3 is 0 Å². The minimum atomic E-state index is -1.48. The lowest BCUT2D eigenvalue weighted by atomic mass is 10.0. The Hall–Kier alpha value is -0.883. The van der Waals surface area contributed by atoms with Crippen molar-refractivity contribution < 1.29 is 9.59 Å². The van der Waals surface area contributed by atoms with Gasteiger partial charge in [0.05, 0.1) is 0 Å². The van der Waals surface area contributed by atoms with E-state index in [9.17, 15) is 9.59 Å². The van der Waals surface area contributed by atoms with E-state index < -0.39 is 14.0 Å². The number of carbonyl (C=O) groups is 2. The lowest BCUT2D eigenvalue weighted by molar-refractivity contribution is -0.127. The van der Waals surface area contributed by atoms with Crippen molar-refractivity contribution in [2.24, 2.45) is 5.92 Å². The van der Waals surface area contributed by atoms with Gasteiger partial charge in [0, 0.05) is 0 Å². The van der Waals surface area contributed by atoms with Gasteiger partial charge in [0.2, 0.25) is 0 Å². The van der Waals surface area contributed by atoms with Crippen molar-refractivity contribution in [2.75, 3.05) is 0 Å². The summed E-state index contributed by atoms with van der Waals surface area (Å²) >= 11 is 0. The number of hydrogen-bond donors (Lipinski definition) is 0. The highest BCUT2D eigenvalue weighted by molar-refractivity contribution is 6.83. The van der Waals surface area contributed by atoms with Crippen molar-refractivity contribution in [2.45, 2.75) is 33.5 Å². The minimum absolute atomic E-state index is 0.154. The molecule has 0 N–H and O–H groups in total. The summed E-state index contributed by atoms with van der Waals surface area (Å²) in [4.78, 5) is 22.0. The molecule has 0 radical (unpaired) electrons. The molecule has 3 heteroatoms. The zero-order chi connectivity index (χ0) is 10.6. The van der Waals surface area contributed by atoms with Gasteiger partial charge in [0.25, 0.3) is 0 Å². The first kappa shape index (κ1) is 12.1. The minimum Gasteiger partial charge on any atom is -0.298 e. The van der Waals surface area contributed by atoms with E-state index in [1.807, 2.05) is 0 Å². The van der Waals surface area contributed by atoms with E-state index in [4.69, 9.17) is 0 Å². The Balaban J connectivity index is 4.69. The number of ketones is 2. The molecule has 0 spiro atoms. The van der Waals surface area contributed by atoms with Gasteiger partial charge in [-0.25, -0.2) is 0 Å². The molecule has 0 atom stereocenters. The summed E-state index contributed by atoms with van der Waals surface area (Å²) in [5.74, 6) is 1.76. The van der Waals surface area contributed by atoms with Crippen LogP contribution in [0.15, 0.2) is 0 Å². The normalized spacial score (nSPS) is 10.6. The molecule has 13 heavy (non-hydrogen) atoms. The molecule has 0 bridgehead atoms. The standard InChI is InChI=1S/C10H16O2Si/c1-8(11)10(9(2)12)6-7-13(3,4)5/h10H,1-5H3. The van der Waals surface area contributed by atoms with Gasteiger partial charge in [-0.1, -0.05) is 25.6 Å². The van der Waals surface area contributed by atoms with Crippen molar-refractivity contribution in [3.8, 4) is 11.5 Å². The lowest BCUT2D eigenvalue weighted by Gasteiger charge is -2.06. The average Bonchev–Trinajstić information content (AvgIpc) is 1.82. The summed E-state index contributed by atoms with van der Waals surface area (Å²) in [6.07, 6.45) is 0. The van der Waals surface area contributed by atoms with Gasteiger partial charge < -0.3 is 0 Å². The Morgan fingerprint density at radius 3 is 1.69 bits per heavy atom. The molecule has 0 saturated carbocycles. The Kier molecular flexibility index (Phi) is 4.08. The summed E-state index contributed by atoms with van der Waals surface area (Å²) in [5.41, 5.74) is 3.03. The van der Waals surface area contributed by atoms with Gasteiger partial charge in [0.15, 0.2) is 11.6 Å². The molecule has 0 unspecified atom stereocenters. The molecule has 0 aliphatic heterocycles. The maximum Gasteiger partial charge on any atom is 0.152 e. The van der Waals surface area contributed by atoms with Crippen LogP contribution >= 0.6 is 0 Å². The van der Waals surface area contributed by atoms with Crippen LogP contribution in [0.3, 0.4) is 0 Å².